The van der Waals surface area contributed by atoms with Crippen molar-refractivity contribution in [2.24, 2.45) is 4.99 Å². The molecule has 2 N–H and O–H groups in total. The molecule has 0 aliphatic heterocycles. The van der Waals surface area contributed by atoms with E-state index in [4.69, 9.17) is 30.9 Å². The monoisotopic (exact) mass is 496 g/mol. The second kappa shape index (κ2) is 10.6. The van der Waals surface area contributed by atoms with E-state index in [9.17, 15) is 9.18 Å². The number of aliphatic hydroxyl groups is 1. The van der Waals surface area contributed by atoms with E-state index in [1.165, 1.54) is 38.6 Å². The molecule has 4 rings (SSSR count). The van der Waals surface area contributed by atoms with Gasteiger partial charge in [0.25, 0.3) is 0 Å². The molecule has 9 heteroatoms. The zero-order valence-electron chi connectivity index (χ0n) is 19.0. The maximum atomic E-state index is 13.8. The van der Waals surface area contributed by atoms with Gasteiger partial charge in [0.05, 0.1) is 26.5 Å². The number of nitrogens with zero attached hydrogens (tertiary/aromatic N) is 1. The van der Waals surface area contributed by atoms with Crippen LogP contribution >= 0.6 is 11.6 Å². The summed E-state index contributed by atoms with van der Waals surface area (Å²) < 4.78 is 30.0. The Morgan fingerprint density at radius 3 is 2.57 bits per heavy atom. The third-order valence-corrected chi connectivity index (χ3v) is 5.46. The van der Waals surface area contributed by atoms with E-state index in [0.29, 0.717) is 50.0 Å². The molecule has 0 aliphatic carbocycles. The molecule has 35 heavy (non-hydrogen) atoms. The van der Waals surface area contributed by atoms with Gasteiger partial charge in [0.15, 0.2) is 0 Å². The molecule has 1 aromatic heterocycles. The number of nitrogens with one attached hydrogen (secondary N) is 1. The number of ether oxygens (including phenoxy) is 3. The zero-order chi connectivity index (χ0) is 24.9. The number of carbonyl (C=O) groups excluding carboxylic acids is 1. The average molecular weight is 497 g/mol. The first-order valence-corrected chi connectivity index (χ1v) is 11.0. The summed E-state index contributed by atoms with van der Waals surface area (Å²) in [5, 5.41) is 10.1. The van der Waals surface area contributed by atoms with Crippen LogP contribution in [0.15, 0.2) is 65.8 Å². The van der Waals surface area contributed by atoms with Gasteiger partial charge in [-0.15, -0.1) is 0 Å². The van der Waals surface area contributed by atoms with Gasteiger partial charge in [0.2, 0.25) is 5.78 Å². The summed E-state index contributed by atoms with van der Waals surface area (Å²) in [6, 6.07) is 13.9. The lowest BCUT2D eigenvalue weighted by Gasteiger charge is -2.13. The predicted octanol–water partition coefficient (Wildman–Crippen LogP) is 5.35. The summed E-state index contributed by atoms with van der Waals surface area (Å²) in [5.74, 6) is 0.392. The predicted molar refractivity (Wildman–Crippen MR) is 132 cm³/mol. The number of aliphatic hydroxyl groups excluding tert-OH is 1. The van der Waals surface area contributed by atoms with Gasteiger partial charge in [-0.25, -0.2) is 9.38 Å². The van der Waals surface area contributed by atoms with Crippen molar-refractivity contribution in [3.8, 4) is 17.2 Å². The van der Waals surface area contributed by atoms with Gasteiger partial charge in [-0.1, -0.05) is 11.6 Å². The highest BCUT2D eigenvalue weighted by atomic mass is 35.5. The van der Waals surface area contributed by atoms with Crippen LogP contribution in [0.3, 0.4) is 0 Å². The van der Waals surface area contributed by atoms with Crippen LogP contribution in [0.25, 0.3) is 10.9 Å². The van der Waals surface area contributed by atoms with E-state index >= 15 is 0 Å². The van der Waals surface area contributed by atoms with Crippen molar-refractivity contribution in [3.63, 3.8) is 0 Å². The number of ketones is 1. The first-order chi connectivity index (χ1) is 16.9. The van der Waals surface area contributed by atoms with E-state index in [1.54, 1.807) is 36.4 Å². The maximum absolute atomic E-state index is 13.8. The second-order valence-electron chi connectivity index (χ2n) is 7.47. The lowest BCUT2D eigenvalue weighted by Crippen LogP contribution is -2.16. The Bertz CT molecular complexity index is 1420. The van der Waals surface area contributed by atoms with Crippen molar-refractivity contribution in [2.45, 2.75) is 0 Å². The number of halogens is 2. The van der Waals surface area contributed by atoms with E-state index in [1.807, 2.05) is 0 Å². The molecule has 3 aromatic carbocycles. The molecule has 180 valence electrons. The van der Waals surface area contributed by atoms with Crippen molar-refractivity contribution in [1.82, 2.24) is 4.98 Å². The molecule has 7 nitrogen and oxygen atoms in total. The molecule has 0 atom stereocenters. The number of rotatable bonds is 9. The molecule has 4 aromatic rings. The Kier molecular flexibility index (Phi) is 7.33. The topological polar surface area (TPSA) is 93.1 Å². The smallest absolute Gasteiger partial charge is 0.214 e. The largest absolute Gasteiger partial charge is 0.497 e. The van der Waals surface area contributed by atoms with Crippen LogP contribution < -0.4 is 14.2 Å². The van der Waals surface area contributed by atoms with E-state index in [0.717, 1.165) is 0 Å². The van der Waals surface area contributed by atoms with Crippen molar-refractivity contribution >= 4 is 39.7 Å². The fraction of sp³-hybridized carbons (Fsp3) is 0.154. The number of aromatic amines is 1. The van der Waals surface area contributed by atoms with Crippen LogP contribution in [-0.2, 0) is 0 Å². The summed E-state index contributed by atoms with van der Waals surface area (Å²) >= 11 is 6.14. The number of benzene rings is 3. The number of hydrogen-bond donors (Lipinski definition) is 2. The number of fused-ring (bicyclic) bond motifs is 1. The highest BCUT2D eigenvalue weighted by molar-refractivity contribution is 6.53. The van der Waals surface area contributed by atoms with Crippen LogP contribution in [0, 0.1) is 5.82 Å². The highest BCUT2D eigenvalue weighted by Crippen LogP contribution is 2.32. The van der Waals surface area contributed by atoms with Gasteiger partial charge in [-0.3, -0.25) is 4.79 Å². The summed E-state index contributed by atoms with van der Waals surface area (Å²) in [4.78, 5) is 21.4. The molecule has 0 bridgehead atoms. The molecule has 0 unspecified atom stereocenters. The fourth-order valence-electron chi connectivity index (χ4n) is 3.62. The van der Waals surface area contributed by atoms with Crippen molar-refractivity contribution in [2.75, 3.05) is 27.4 Å². The molecular formula is C26H22ClFN2O5. The van der Waals surface area contributed by atoms with Gasteiger partial charge >= 0.3 is 0 Å². The summed E-state index contributed by atoms with van der Waals surface area (Å²) in [7, 11) is 2.97. The molecule has 0 amide bonds. The summed E-state index contributed by atoms with van der Waals surface area (Å²) in [6.45, 7) is -0.0817. The molecular weight excluding hydrogens is 475 g/mol. The Hall–Kier alpha value is -3.88. The number of H-pyrrole nitrogens is 1. The third kappa shape index (κ3) is 5.29. The first-order valence-electron chi connectivity index (χ1n) is 10.6. The number of aromatic nitrogens is 1. The molecule has 1 heterocycles. The van der Waals surface area contributed by atoms with Gasteiger partial charge in [0.1, 0.15) is 35.4 Å². The van der Waals surface area contributed by atoms with E-state index in [2.05, 4.69) is 9.98 Å². The molecule has 0 saturated carbocycles. The molecule has 0 spiro atoms. The number of Topliss-reactive ketones (excluding diaryl/α,β-unsaturated/α-hetero) is 1. The molecule has 0 aliphatic rings. The van der Waals surface area contributed by atoms with Crippen LogP contribution in [-0.4, -0.2) is 49.0 Å². The quantitative estimate of drug-likeness (QED) is 0.240. The Morgan fingerprint density at radius 1 is 1.03 bits per heavy atom. The van der Waals surface area contributed by atoms with E-state index in [-0.39, 0.29) is 18.9 Å². The van der Waals surface area contributed by atoms with Crippen molar-refractivity contribution < 1.29 is 28.5 Å². The zero-order valence-corrected chi connectivity index (χ0v) is 19.7. The maximum Gasteiger partial charge on any atom is 0.214 e. The normalized spacial score (nSPS) is 11.5. The van der Waals surface area contributed by atoms with Crippen molar-refractivity contribution in [1.29, 1.82) is 0 Å². The van der Waals surface area contributed by atoms with Crippen LogP contribution in [0.2, 0.25) is 5.02 Å². The van der Waals surface area contributed by atoms with Crippen LogP contribution in [0.5, 0.6) is 17.2 Å². The highest BCUT2D eigenvalue weighted by Gasteiger charge is 2.23. The van der Waals surface area contributed by atoms with Gasteiger partial charge in [-0.05, 0) is 36.4 Å². The Morgan fingerprint density at radius 2 is 1.83 bits per heavy atom. The summed E-state index contributed by atoms with van der Waals surface area (Å²) in [6.07, 6.45) is 1.52. The summed E-state index contributed by atoms with van der Waals surface area (Å²) in [5.41, 5.74) is 1.67. The SMILES string of the molecule is COc1cc(N=C(C(=O)c2c[nH]c3cc(F)ccc23)c2ccc(Cl)cc2OC)cc(OCCO)c1. The lowest BCUT2D eigenvalue weighted by molar-refractivity contribution is 0.106. The van der Waals surface area contributed by atoms with Crippen LogP contribution in [0.1, 0.15) is 15.9 Å². The van der Waals surface area contributed by atoms with Gasteiger partial charge < -0.3 is 24.3 Å². The first kappa shape index (κ1) is 24.3. The lowest BCUT2D eigenvalue weighted by atomic mass is 9.99. The average Bonchev–Trinajstić information content (AvgIpc) is 3.28. The van der Waals surface area contributed by atoms with Gasteiger partial charge in [-0.2, -0.15) is 0 Å². The molecule has 0 saturated heterocycles. The van der Waals surface area contributed by atoms with Crippen molar-refractivity contribution in [3.05, 3.63) is 82.8 Å². The molecule has 0 radical (unpaired) electrons. The fourth-order valence-corrected chi connectivity index (χ4v) is 3.78. The minimum absolute atomic E-state index is 0.0742. The number of aliphatic imine (C=N–C) groups is 1. The molecule has 0 fully saturated rings. The minimum Gasteiger partial charge on any atom is -0.497 e. The standard InChI is InChI=1S/C26H22ClFN2O5/c1-33-18-11-17(12-19(13-18)35-8-7-31)30-25(21-5-3-15(27)9-24(21)34-2)26(32)22-14-29-23-10-16(28)4-6-20(22)23/h3-6,9-14,29,31H,7-8H2,1-2H3. The minimum atomic E-state index is -0.418. The van der Waals surface area contributed by atoms with Crippen LogP contribution in [0.4, 0.5) is 10.1 Å². The number of methoxy groups -OCH3 is 2. The number of hydrogen-bond acceptors (Lipinski definition) is 6. The number of carbonyl (C=O) groups is 1. The van der Waals surface area contributed by atoms with E-state index < -0.39 is 11.6 Å². The Labute approximate surface area is 205 Å². The second-order valence-corrected chi connectivity index (χ2v) is 7.90. The third-order valence-electron chi connectivity index (χ3n) is 5.22. The Balaban J connectivity index is 1.90. The van der Waals surface area contributed by atoms with Gasteiger partial charge in [0, 0.05) is 51.4 Å².